The second-order valence-corrected chi connectivity index (χ2v) is 6.33. The van der Waals surface area contributed by atoms with Gasteiger partial charge in [0.15, 0.2) is 5.84 Å². The van der Waals surface area contributed by atoms with E-state index in [2.05, 4.69) is 25.3 Å². The van der Waals surface area contributed by atoms with Crippen molar-refractivity contribution in [1.82, 2.24) is 25.3 Å². The monoisotopic (exact) mass is 414 g/mol. The van der Waals surface area contributed by atoms with Crippen LogP contribution < -0.4 is 5.32 Å². The number of benzene rings is 1. The van der Waals surface area contributed by atoms with Gasteiger partial charge >= 0.3 is 0 Å². The van der Waals surface area contributed by atoms with Gasteiger partial charge in [-0.1, -0.05) is 19.1 Å². The molecule has 0 aliphatic carbocycles. The Morgan fingerprint density at radius 2 is 1.97 bits per heavy atom. The Labute approximate surface area is 173 Å². The fourth-order valence-electron chi connectivity index (χ4n) is 2.78. The molecule has 2 N–H and O–H groups in total. The molecule has 1 atom stereocenters. The van der Waals surface area contributed by atoms with Crippen molar-refractivity contribution in [1.29, 1.82) is 5.41 Å². The second-order valence-electron chi connectivity index (χ2n) is 6.33. The Morgan fingerprint density at radius 3 is 2.62 bits per heavy atom. The Kier molecular flexibility index (Phi) is 7.85. The molecule has 0 unspecified atom stereocenters. The summed E-state index contributed by atoms with van der Waals surface area (Å²) in [5.74, 6) is 0.196. The maximum absolute atomic E-state index is 13.2. The number of hydrogen-bond acceptors (Lipinski definition) is 6. The first-order valence-corrected chi connectivity index (χ1v) is 8.71. The number of carbonyl (C=O) groups is 1. The molecule has 3 rings (SSSR count). The van der Waals surface area contributed by atoms with Gasteiger partial charge in [-0.15, -0.1) is 12.4 Å². The molecule has 3 aromatic rings. The minimum Gasteiger partial charge on any atom is -0.312 e. The van der Waals surface area contributed by atoms with Crippen LogP contribution in [0.1, 0.15) is 41.3 Å². The molecule has 0 radical (unpaired) electrons. The molecule has 0 spiro atoms. The first-order chi connectivity index (χ1) is 13.5. The van der Waals surface area contributed by atoms with Gasteiger partial charge in [-0.2, -0.15) is 0 Å². The molecule has 150 valence electrons. The van der Waals surface area contributed by atoms with E-state index in [1.165, 1.54) is 12.1 Å². The van der Waals surface area contributed by atoms with E-state index in [0.29, 0.717) is 36.5 Å². The van der Waals surface area contributed by atoms with Crippen LogP contribution in [-0.2, 0) is 17.6 Å². The third-order valence-corrected chi connectivity index (χ3v) is 4.19. The first-order valence-electron chi connectivity index (χ1n) is 8.71. The molecule has 0 bridgehead atoms. The first kappa shape index (κ1) is 22.0. The summed E-state index contributed by atoms with van der Waals surface area (Å²) in [6.07, 6.45) is 6.21. The molecule has 0 fully saturated rings. The number of hydrogen-bond donors (Lipinski definition) is 2. The van der Waals surface area contributed by atoms with Crippen LogP contribution in [0.15, 0.2) is 48.9 Å². The maximum Gasteiger partial charge on any atom is 0.212 e. The van der Waals surface area contributed by atoms with Gasteiger partial charge in [-0.25, -0.2) is 14.4 Å². The minimum atomic E-state index is -0.283. The number of nitrogens with zero attached hydrogens (tertiary/aromatic N) is 4. The topological polar surface area (TPSA) is 105 Å². The molecule has 0 saturated heterocycles. The lowest BCUT2D eigenvalue weighted by Crippen LogP contribution is -2.24. The molecule has 1 aromatic carbocycles. The number of rotatable bonds is 7. The van der Waals surface area contributed by atoms with Crippen molar-refractivity contribution in [3.8, 4) is 0 Å². The Balaban J connectivity index is 0.00000300. The molecule has 7 nitrogen and oxygen atoms in total. The van der Waals surface area contributed by atoms with E-state index in [9.17, 15) is 9.18 Å². The van der Waals surface area contributed by atoms with Crippen LogP contribution in [0.2, 0.25) is 0 Å². The summed E-state index contributed by atoms with van der Waals surface area (Å²) in [4.78, 5) is 28.0. The highest BCUT2D eigenvalue weighted by atomic mass is 35.5. The Bertz CT molecular complexity index is 968. The standard InChI is InChI=1S/C20H19FN6O.ClH/c1-13(14-2-4-15(21)5-3-14)8-19-26-16(9-17-11-23-6-7-24-17)10-18(27-19)20(22)25-12-28;/h2-7,10-13H,8-9H2,1H3,(H2,22,25,28);1H/t13-;/m1./s1. The lowest BCUT2D eigenvalue weighted by Gasteiger charge is -2.13. The van der Waals surface area contributed by atoms with Crippen molar-refractivity contribution in [2.45, 2.75) is 25.7 Å². The van der Waals surface area contributed by atoms with Crippen molar-refractivity contribution in [2.75, 3.05) is 0 Å². The number of halogens is 2. The van der Waals surface area contributed by atoms with Gasteiger partial charge in [0.2, 0.25) is 6.41 Å². The summed E-state index contributed by atoms with van der Waals surface area (Å²) < 4.78 is 13.2. The smallest absolute Gasteiger partial charge is 0.212 e. The summed E-state index contributed by atoms with van der Waals surface area (Å²) in [6, 6.07) is 7.97. The fraction of sp³-hybridized carbons (Fsp3) is 0.200. The van der Waals surface area contributed by atoms with Crippen LogP contribution in [0.5, 0.6) is 0 Å². The van der Waals surface area contributed by atoms with E-state index in [4.69, 9.17) is 5.41 Å². The SMILES string of the molecule is C[C@H](Cc1nc(Cc2cnccn2)cc(C(=N)NC=O)n1)c1ccc(F)cc1.Cl. The van der Waals surface area contributed by atoms with Gasteiger partial charge in [0.05, 0.1) is 11.4 Å². The van der Waals surface area contributed by atoms with E-state index in [-0.39, 0.29) is 30.0 Å². The lowest BCUT2D eigenvalue weighted by molar-refractivity contribution is -0.108. The normalized spacial score (nSPS) is 11.2. The zero-order valence-corrected chi connectivity index (χ0v) is 16.5. The zero-order chi connectivity index (χ0) is 19.9. The highest BCUT2D eigenvalue weighted by molar-refractivity contribution is 6.00. The van der Waals surface area contributed by atoms with Gasteiger partial charge < -0.3 is 5.32 Å². The summed E-state index contributed by atoms with van der Waals surface area (Å²) in [6.45, 7) is 2.00. The van der Waals surface area contributed by atoms with E-state index in [0.717, 1.165) is 11.3 Å². The third-order valence-electron chi connectivity index (χ3n) is 4.19. The van der Waals surface area contributed by atoms with Crippen LogP contribution >= 0.6 is 12.4 Å². The van der Waals surface area contributed by atoms with Gasteiger partial charge in [-0.05, 0) is 29.7 Å². The van der Waals surface area contributed by atoms with Crippen molar-refractivity contribution in [3.63, 3.8) is 0 Å². The van der Waals surface area contributed by atoms with Gasteiger partial charge in [0.1, 0.15) is 17.3 Å². The molecule has 29 heavy (non-hydrogen) atoms. The van der Waals surface area contributed by atoms with E-state index in [1.807, 2.05) is 6.92 Å². The minimum absolute atomic E-state index is 0. The average Bonchev–Trinajstić information content (AvgIpc) is 2.69. The molecule has 1 amide bonds. The lowest BCUT2D eigenvalue weighted by atomic mass is 9.97. The largest absolute Gasteiger partial charge is 0.312 e. The summed E-state index contributed by atoms with van der Waals surface area (Å²) in [5.41, 5.74) is 2.69. The van der Waals surface area contributed by atoms with Gasteiger partial charge in [-0.3, -0.25) is 20.2 Å². The predicted octanol–water partition coefficient (Wildman–Crippen LogP) is 2.84. The molecular formula is C20H20ClFN6O. The van der Waals surface area contributed by atoms with Crippen molar-refractivity contribution in [2.24, 2.45) is 0 Å². The van der Waals surface area contributed by atoms with Crippen LogP contribution in [0.4, 0.5) is 4.39 Å². The number of carbonyl (C=O) groups excluding carboxylic acids is 1. The second kappa shape index (κ2) is 10.3. The highest BCUT2D eigenvalue weighted by Gasteiger charge is 2.14. The summed E-state index contributed by atoms with van der Waals surface area (Å²) in [7, 11) is 0. The van der Waals surface area contributed by atoms with E-state index < -0.39 is 0 Å². The number of nitrogens with one attached hydrogen (secondary N) is 2. The summed E-state index contributed by atoms with van der Waals surface area (Å²) >= 11 is 0. The van der Waals surface area contributed by atoms with Crippen LogP contribution in [-0.4, -0.2) is 32.2 Å². The molecular weight excluding hydrogens is 395 g/mol. The predicted molar refractivity (Wildman–Crippen MR) is 109 cm³/mol. The summed E-state index contributed by atoms with van der Waals surface area (Å²) in [5, 5.41) is 10.3. The zero-order valence-electron chi connectivity index (χ0n) is 15.7. The van der Waals surface area contributed by atoms with Gasteiger partial charge in [0, 0.05) is 31.4 Å². The number of aromatic nitrogens is 4. The highest BCUT2D eigenvalue weighted by Crippen LogP contribution is 2.20. The molecule has 0 aliphatic heterocycles. The Hall–Kier alpha value is -3.26. The van der Waals surface area contributed by atoms with Crippen LogP contribution in [0.3, 0.4) is 0 Å². The number of amidine groups is 1. The fourth-order valence-corrected chi connectivity index (χ4v) is 2.78. The van der Waals surface area contributed by atoms with E-state index >= 15 is 0 Å². The van der Waals surface area contributed by atoms with E-state index in [1.54, 1.807) is 36.8 Å². The molecule has 2 heterocycles. The third kappa shape index (κ3) is 6.11. The quantitative estimate of drug-likeness (QED) is 0.351. The Morgan fingerprint density at radius 1 is 1.21 bits per heavy atom. The van der Waals surface area contributed by atoms with Crippen LogP contribution in [0, 0.1) is 11.2 Å². The van der Waals surface area contributed by atoms with Gasteiger partial charge in [0.25, 0.3) is 0 Å². The van der Waals surface area contributed by atoms with Crippen LogP contribution in [0.25, 0.3) is 0 Å². The van der Waals surface area contributed by atoms with Crippen molar-refractivity contribution in [3.05, 3.63) is 83.2 Å². The average molecular weight is 415 g/mol. The van der Waals surface area contributed by atoms with Crippen molar-refractivity contribution >= 4 is 24.7 Å². The molecule has 2 aromatic heterocycles. The maximum atomic E-state index is 13.2. The number of amides is 1. The van der Waals surface area contributed by atoms with Crippen molar-refractivity contribution < 1.29 is 9.18 Å². The molecule has 0 saturated carbocycles. The molecule has 9 heteroatoms. The molecule has 0 aliphatic rings.